The molecular weight excluding hydrogens is 302 g/mol. The SMILES string of the molecule is Cc1nn(C)c(C)c1S(=O)(=O)NCCCN1CCN(C)CC1. The molecule has 1 aromatic heterocycles. The van der Waals surface area contributed by atoms with E-state index < -0.39 is 10.0 Å². The maximum Gasteiger partial charge on any atom is 0.244 e. The molecule has 0 saturated carbocycles. The minimum atomic E-state index is -3.47. The van der Waals surface area contributed by atoms with Crippen LogP contribution >= 0.6 is 0 Å². The molecule has 0 unspecified atom stereocenters. The largest absolute Gasteiger partial charge is 0.304 e. The van der Waals surface area contributed by atoms with Crippen molar-refractivity contribution < 1.29 is 8.42 Å². The molecule has 22 heavy (non-hydrogen) atoms. The van der Waals surface area contributed by atoms with Crippen LogP contribution in [0.3, 0.4) is 0 Å². The first-order valence-electron chi connectivity index (χ1n) is 7.72. The summed E-state index contributed by atoms with van der Waals surface area (Å²) in [5.74, 6) is 0. The van der Waals surface area contributed by atoms with Crippen molar-refractivity contribution >= 4 is 10.0 Å². The van der Waals surface area contributed by atoms with Gasteiger partial charge in [-0.3, -0.25) is 4.68 Å². The molecule has 0 bridgehead atoms. The summed E-state index contributed by atoms with van der Waals surface area (Å²) in [5, 5.41) is 4.17. The summed E-state index contributed by atoms with van der Waals surface area (Å²) in [6, 6.07) is 0. The van der Waals surface area contributed by atoms with Crippen molar-refractivity contribution in [1.82, 2.24) is 24.3 Å². The van der Waals surface area contributed by atoms with Crippen LogP contribution in [0.2, 0.25) is 0 Å². The molecule has 1 fully saturated rings. The van der Waals surface area contributed by atoms with Gasteiger partial charge >= 0.3 is 0 Å². The third kappa shape index (κ3) is 4.07. The number of nitrogens with zero attached hydrogens (tertiary/aromatic N) is 4. The molecule has 126 valence electrons. The van der Waals surface area contributed by atoms with E-state index in [1.165, 1.54) is 0 Å². The second kappa shape index (κ2) is 7.08. The van der Waals surface area contributed by atoms with Crippen LogP contribution in [0.5, 0.6) is 0 Å². The third-order valence-electron chi connectivity index (χ3n) is 4.25. The smallest absolute Gasteiger partial charge is 0.244 e. The number of likely N-dealkylation sites (N-methyl/N-ethyl adjacent to an activating group) is 1. The zero-order chi connectivity index (χ0) is 16.3. The number of aryl methyl sites for hydroxylation is 2. The maximum absolute atomic E-state index is 12.4. The summed E-state index contributed by atoms with van der Waals surface area (Å²) in [6.45, 7) is 9.18. The average molecular weight is 329 g/mol. The van der Waals surface area contributed by atoms with Gasteiger partial charge in [-0.1, -0.05) is 0 Å². The molecule has 2 rings (SSSR count). The molecular formula is C14H27N5O2S. The molecule has 1 aliphatic heterocycles. The Bertz CT molecular complexity index is 603. The first-order chi connectivity index (χ1) is 10.3. The van der Waals surface area contributed by atoms with Gasteiger partial charge < -0.3 is 9.80 Å². The van der Waals surface area contributed by atoms with Crippen molar-refractivity contribution in [1.29, 1.82) is 0 Å². The highest BCUT2D eigenvalue weighted by molar-refractivity contribution is 7.89. The second-order valence-corrected chi connectivity index (χ2v) is 7.72. The van der Waals surface area contributed by atoms with Crippen LogP contribution in [0, 0.1) is 13.8 Å². The summed E-state index contributed by atoms with van der Waals surface area (Å²) in [5.41, 5.74) is 1.22. The van der Waals surface area contributed by atoms with Gasteiger partial charge in [-0.25, -0.2) is 13.1 Å². The predicted molar refractivity (Wildman–Crippen MR) is 86.4 cm³/mol. The van der Waals surface area contributed by atoms with Gasteiger partial charge in [0, 0.05) is 39.8 Å². The molecule has 0 aromatic carbocycles. The molecule has 0 atom stereocenters. The zero-order valence-electron chi connectivity index (χ0n) is 14.0. The summed E-state index contributed by atoms with van der Waals surface area (Å²) in [6.07, 6.45) is 0.821. The van der Waals surface area contributed by atoms with Crippen molar-refractivity contribution in [3.8, 4) is 0 Å². The third-order valence-corrected chi connectivity index (χ3v) is 5.96. The van der Waals surface area contributed by atoms with Crippen LogP contribution < -0.4 is 4.72 Å². The number of aromatic nitrogens is 2. The fourth-order valence-electron chi connectivity index (χ4n) is 2.80. The Morgan fingerprint density at radius 2 is 1.77 bits per heavy atom. The van der Waals surface area contributed by atoms with Crippen LogP contribution in [-0.2, 0) is 17.1 Å². The Hall–Kier alpha value is -0.960. The lowest BCUT2D eigenvalue weighted by atomic mass is 10.3. The number of piperazine rings is 1. The lowest BCUT2D eigenvalue weighted by molar-refractivity contribution is 0.153. The first kappa shape index (κ1) is 17.4. The lowest BCUT2D eigenvalue weighted by Crippen LogP contribution is -2.45. The Labute approximate surface area is 133 Å². The molecule has 0 amide bonds. The monoisotopic (exact) mass is 329 g/mol. The molecule has 0 radical (unpaired) electrons. The minimum Gasteiger partial charge on any atom is -0.304 e. The number of hydrogen-bond donors (Lipinski definition) is 1. The van der Waals surface area contributed by atoms with E-state index >= 15 is 0 Å². The number of hydrogen-bond acceptors (Lipinski definition) is 5. The van der Waals surface area contributed by atoms with E-state index in [0.717, 1.165) is 39.1 Å². The van der Waals surface area contributed by atoms with Crippen molar-refractivity contribution in [2.45, 2.75) is 25.2 Å². The van der Waals surface area contributed by atoms with E-state index in [-0.39, 0.29) is 0 Å². The molecule has 1 aromatic rings. The molecule has 0 spiro atoms. The van der Waals surface area contributed by atoms with Gasteiger partial charge in [-0.05, 0) is 33.9 Å². The molecule has 0 aliphatic carbocycles. The summed E-state index contributed by atoms with van der Waals surface area (Å²) >= 11 is 0. The number of rotatable bonds is 6. The molecule has 2 heterocycles. The topological polar surface area (TPSA) is 70.5 Å². The van der Waals surface area contributed by atoms with Gasteiger partial charge in [0.1, 0.15) is 4.90 Å². The summed E-state index contributed by atoms with van der Waals surface area (Å²) in [7, 11) is 0.415. The second-order valence-electron chi connectivity index (χ2n) is 6.02. The molecule has 8 heteroatoms. The van der Waals surface area contributed by atoms with Crippen molar-refractivity contribution in [3.63, 3.8) is 0 Å². The van der Waals surface area contributed by atoms with E-state index in [4.69, 9.17) is 0 Å². The van der Waals surface area contributed by atoms with Crippen LogP contribution in [0.15, 0.2) is 4.90 Å². The van der Waals surface area contributed by atoms with Gasteiger partial charge in [0.25, 0.3) is 0 Å². The van der Waals surface area contributed by atoms with E-state index in [9.17, 15) is 8.42 Å². The van der Waals surface area contributed by atoms with E-state index in [1.54, 1.807) is 25.6 Å². The van der Waals surface area contributed by atoms with Gasteiger partial charge in [0.15, 0.2) is 0 Å². The van der Waals surface area contributed by atoms with E-state index in [2.05, 4.69) is 26.7 Å². The Morgan fingerprint density at radius 1 is 1.14 bits per heavy atom. The molecule has 1 saturated heterocycles. The standard InChI is InChI=1S/C14H27N5O2S/c1-12-14(13(2)18(4)16-12)22(20,21)15-6-5-7-19-10-8-17(3)9-11-19/h15H,5-11H2,1-4H3. The summed E-state index contributed by atoms with van der Waals surface area (Å²) in [4.78, 5) is 5.01. The molecule has 1 aliphatic rings. The molecule has 7 nitrogen and oxygen atoms in total. The van der Waals surface area contributed by atoms with E-state index in [1.807, 2.05) is 0 Å². The fraction of sp³-hybridized carbons (Fsp3) is 0.786. The number of sulfonamides is 1. The van der Waals surface area contributed by atoms with Gasteiger partial charge in [0.2, 0.25) is 10.0 Å². The van der Waals surface area contributed by atoms with Crippen molar-refractivity contribution in [3.05, 3.63) is 11.4 Å². The Morgan fingerprint density at radius 3 is 2.32 bits per heavy atom. The first-order valence-corrected chi connectivity index (χ1v) is 9.20. The highest BCUT2D eigenvalue weighted by Gasteiger charge is 2.23. The predicted octanol–water partition coefficient (Wildman–Crippen LogP) is -0.0473. The fourth-order valence-corrected chi connectivity index (χ4v) is 4.30. The quantitative estimate of drug-likeness (QED) is 0.741. The highest BCUT2D eigenvalue weighted by atomic mass is 32.2. The minimum absolute atomic E-state index is 0.314. The highest BCUT2D eigenvalue weighted by Crippen LogP contribution is 2.18. The van der Waals surface area contributed by atoms with Crippen LogP contribution in [-0.4, -0.2) is 74.3 Å². The van der Waals surface area contributed by atoms with E-state index in [0.29, 0.717) is 22.8 Å². The zero-order valence-corrected chi connectivity index (χ0v) is 14.8. The van der Waals surface area contributed by atoms with Crippen LogP contribution in [0.4, 0.5) is 0 Å². The maximum atomic E-state index is 12.4. The van der Waals surface area contributed by atoms with Crippen LogP contribution in [0.1, 0.15) is 17.8 Å². The Kier molecular flexibility index (Phi) is 5.60. The number of nitrogens with one attached hydrogen (secondary N) is 1. The van der Waals surface area contributed by atoms with Gasteiger partial charge in [-0.15, -0.1) is 0 Å². The van der Waals surface area contributed by atoms with Gasteiger partial charge in [0.05, 0.1) is 11.4 Å². The summed E-state index contributed by atoms with van der Waals surface area (Å²) < 4.78 is 29.1. The Balaban J connectivity index is 1.83. The van der Waals surface area contributed by atoms with Gasteiger partial charge in [-0.2, -0.15) is 5.10 Å². The molecule has 1 N–H and O–H groups in total. The average Bonchev–Trinajstić information content (AvgIpc) is 2.71. The lowest BCUT2D eigenvalue weighted by Gasteiger charge is -2.32. The normalized spacial score (nSPS) is 18.0. The van der Waals surface area contributed by atoms with Crippen molar-refractivity contribution in [2.75, 3.05) is 46.3 Å². The van der Waals surface area contributed by atoms with Crippen LogP contribution in [0.25, 0.3) is 0 Å². The van der Waals surface area contributed by atoms with Crippen molar-refractivity contribution in [2.24, 2.45) is 7.05 Å².